The van der Waals surface area contributed by atoms with Crippen molar-refractivity contribution in [3.05, 3.63) is 52.0 Å². The lowest BCUT2D eigenvalue weighted by Gasteiger charge is -2.36. The van der Waals surface area contributed by atoms with Gasteiger partial charge in [0.15, 0.2) is 0 Å². The molecule has 0 fully saturated rings. The second-order valence-corrected chi connectivity index (χ2v) is 14.7. The van der Waals surface area contributed by atoms with Crippen molar-refractivity contribution in [3.8, 4) is 17.0 Å². The average Bonchev–Trinajstić information content (AvgIpc) is 3.36. The molecule has 0 radical (unpaired) electrons. The van der Waals surface area contributed by atoms with Crippen LogP contribution in [0.15, 0.2) is 35.5 Å². The number of carbonyl (C=O) groups is 2. The number of ether oxygens (including phenoxy) is 2. The normalized spacial score (nSPS) is 15.3. The van der Waals surface area contributed by atoms with Gasteiger partial charge in [0.05, 0.1) is 31.2 Å². The Bertz CT molecular complexity index is 1690. The first-order chi connectivity index (χ1) is 21.1. The van der Waals surface area contributed by atoms with E-state index in [1.54, 1.807) is 12.1 Å². The van der Waals surface area contributed by atoms with Gasteiger partial charge < -0.3 is 14.8 Å². The molecule has 1 aromatic carbocycles. The molecule has 0 aliphatic heterocycles. The summed E-state index contributed by atoms with van der Waals surface area (Å²) in [6.07, 6.45) is -2.08. The maximum Gasteiger partial charge on any atom is 0.433 e. The number of rotatable bonds is 11. The smallest absolute Gasteiger partial charge is 0.433 e. The summed E-state index contributed by atoms with van der Waals surface area (Å²) in [5.41, 5.74) is -0.246. The molecule has 1 amide bonds. The first kappa shape index (κ1) is 34.4. The van der Waals surface area contributed by atoms with Gasteiger partial charge in [0.2, 0.25) is 20.9 Å². The summed E-state index contributed by atoms with van der Waals surface area (Å²) in [6, 6.07) is 6.80. The Morgan fingerprint density at radius 1 is 1.13 bits per heavy atom. The number of hydrogen-bond donors (Lipinski definition) is 1. The van der Waals surface area contributed by atoms with Crippen LogP contribution in [-0.2, 0) is 38.4 Å². The molecule has 45 heavy (non-hydrogen) atoms. The molecule has 0 saturated carbocycles. The van der Waals surface area contributed by atoms with Crippen LogP contribution in [0.1, 0.15) is 72.9 Å². The van der Waals surface area contributed by atoms with Crippen LogP contribution in [0.2, 0.25) is 0 Å². The summed E-state index contributed by atoms with van der Waals surface area (Å²) in [5.74, 6) is -1.17. The molecule has 0 saturated heterocycles. The Hall–Kier alpha value is -3.52. The summed E-state index contributed by atoms with van der Waals surface area (Å²) in [5, 5.41) is 2.09. The molecule has 244 valence electrons. The van der Waals surface area contributed by atoms with Crippen molar-refractivity contribution in [2.45, 2.75) is 70.6 Å². The Balaban J connectivity index is 1.51. The van der Waals surface area contributed by atoms with E-state index < -0.39 is 44.5 Å². The summed E-state index contributed by atoms with van der Waals surface area (Å²) >= 11 is 1.32. The number of amides is 1. The van der Waals surface area contributed by atoms with Gasteiger partial charge in [-0.2, -0.15) is 13.2 Å². The van der Waals surface area contributed by atoms with Gasteiger partial charge in [0.25, 0.3) is 0 Å². The largest absolute Gasteiger partial charge is 0.496 e. The SMILES string of the molecule is CCC(C)(C)C1CCc2c(sc(NC(=O)CCCS(=O)(=O)c3nc(-c4ccccc4OC)cc(C(F)(F)F)n3)c2C(=O)OC)C1. The van der Waals surface area contributed by atoms with Crippen molar-refractivity contribution in [2.24, 2.45) is 11.3 Å². The molecule has 1 unspecified atom stereocenters. The topological polar surface area (TPSA) is 125 Å². The van der Waals surface area contributed by atoms with Crippen molar-refractivity contribution in [3.63, 3.8) is 0 Å². The fourth-order valence-electron chi connectivity index (χ4n) is 5.35. The van der Waals surface area contributed by atoms with E-state index in [0.29, 0.717) is 29.0 Å². The second-order valence-electron chi connectivity index (χ2n) is 11.6. The van der Waals surface area contributed by atoms with Crippen LogP contribution < -0.4 is 10.1 Å². The van der Waals surface area contributed by atoms with Gasteiger partial charge in [-0.3, -0.25) is 4.79 Å². The van der Waals surface area contributed by atoms with Crippen molar-refractivity contribution >= 4 is 38.1 Å². The number of aromatic nitrogens is 2. The van der Waals surface area contributed by atoms with Crippen LogP contribution in [0.5, 0.6) is 5.75 Å². The minimum Gasteiger partial charge on any atom is -0.496 e. The summed E-state index contributed by atoms with van der Waals surface area (Å²) in [7, 11) is -1.83. The van der Waals surface area contributed by atoms with E-state index in [-0.39, 0.29) is 35.3 Å². The summed E-state index contributed by atoms with van der Waals surface area (Å²) in [6.45, 7) is 6.59. The third kappa shape index (κ3) is 7.66. The highest BCUT2D eigenvalue weighted by Crippen LogP contribution is 2.45. The molecule has 0 bridgehead atoms. The number of alkyl halides is 3. The molecule has 14 heteroatoms. The van der Waals surface area contributed by atoms with Gasteiger partial charge in [-0.25, -0.2) is 23.2 Å². The molecule has 1 aliphatic rings. The number of sulfone groups is 1. The molecule has 2 aromatic heterocycles. The first-order valence-corrected chi connectivity index (χ1v) is 16.9. The molecule has 0 spiro atoms. The summed E-state index contributed by atoms with van der Waals surface area (Å²) < 4.78 is 77.5. The van der Waals surface area contributed by atoms with Gasteiger partial charge in [-0.1, -0.05) is 39.3 Å². The van der Waals surface area contributed by atoms with Gasteiger partial charge in [0.1, 0.15) is 16.4 Å². The number of methoxy groups -OCH3 is 2. The predicted molar refractivity (Wildman–Crippen MR) is 164 cm³/mol. The fraction of sp³-hybridized carbons (Fsp3) is 0.484. The molecule has 3 aromatic rings. The maximum absolute atomic E-state index is 13.7. The van der Waals surface area contributed by atoms with Crippen LogP contribution in [-0.4, -0.2) is 50.2 Å². The lowest BCUT2D eigenvalue weighted by molar-refractivity contribution is -0.141. The van der Waals surface area contributed by atoms with Crippen LogP contribution in [0, 0.1) is 11.3 Å². The fourth-order valence-corrected chi connectivity index (χ4v) is 7.87. The molecule has 4 rings (SSSR count). The van der Waals surface area contributed by atoms with E-state index in [2.05, 4.69) is 36.1 Å². The Labute approximate surface area is 264 Å². The number of nitrogens with one attached hydrogen (secondary N) is 1. The Morgan fingerprint density at radius 2 is 1.84 bits per heavy atom. The number of hydrogen-bond acceptors (Lipinski definition) is 9. The number of para-hydroxylation sites is 1. The lowest BCUT2D eigenvalue weighted by Crippen LogP contribution is -2.28. The third-order valence-electron chi connectivity index (χ3n) is 8.40. The number of fused-ring (bicyclic) bond motifs is 1. The predicted octanol–water partition coefficient (Wildman–Crippen LogP) is 6.75. The third-order valence-corrected chi connectivity index (χ3v) is 11.1. The van der Waals surface area contributed by atoms with E-state index in [4.69, 9.17) is 9.47 Å². The zero-order chi connectivity index (χ0) is 33.2. The van der Waals surface area contributed by atoms with Crippen molar-refractivity contribution in [1.82, 2.24) is 9.97 Å². The average molecular weight is 668 g/mol. The van der Waals surface area contributed by atoms with Gasteiger partial charge in [-0.05, 0) is 60.8 Å². The van der Waals surface area contributed by atoms with Crippen LogP contribution in [0.3, 0.4) is 0 Å². The molecular weight excluding hydrogens is 631 g/mol. The van der Waals surface area contributed by atoms with Crippen molar-refractivity contribution < 1.29 is 40.7 Å². The number of thiophene rings is 1. The van der Waals surface area contributed by atoms with E-state index >= 15 is 0 Å². The highest BCUT2D eigenvalue weighted by molar-refractivity contribution is 7.91. The Kier molecular flexibility index (Phi) is 10.3. The number of carbonyl (C=O) groups excluding carboxylic acids is 2. The zero-order valence-corrected chi connectivity index (χ0v) is 27.3. The molecule has 1 aliphatic carbocycles. The number of esters is 1. The number of halogens is 3. The van der Waals surface area contributed by atoms with Crippen LogP contribution in [0.4, 0.5) is 18.2 Å². The van der Waals surface area contributed by atoms with Crippen molar-refractivity contribution in [1.29, 1.82) is 0 Å². The highest BCUT2D eigenvalue weighted by atomic mass is 32.2. The zero-order valence-electron chi connectivity index (χ0n) is 25.7. The second kappa shape index (κ2) is 13.5. The standard InChI is InChI=1S/C31H36F3N3O6S2/c1-6-30(2,3)18-13-14-20-23(16-18)44-27(26(20)28(39)43-5)37-25(38)12-9-15-45(40,41)29-35-21(17-24(36-29)31(32,33)34)19-10-7-8-11-22(19)42-4/h7-8,10-11,17-18H,6,9,12-16H2,1-5H3,(H,37,38). The molecular formula is C31H36F3N3O6S2. The molecule has 1 N–H and O–H groups in total. The van der Waals surface area contributed by atoms with E-state index in [1.807, 2.05) is 0 Å². The lowest BCUT2D eigenvalue weighted by atomic mass is 9.69. The quantitative estimate of drug-likeness (QED) is 0.176. The maximum atomic E-state index is 13.7. The number of benzene rings is 1. The van der Waals surface area contributed by atoms with E-state index in [1.165, 1.54) is 37.7 Å². The first-order valence-electron chi connectivity index (χ1n) is 14.5. The monoisotopic (exact) mass is 667 g/mol. The minimum atomic E-state index is -4.94. The summed E-state index contributed by atoms with van der Waals surface area (Å²) in [4.78, 5) is 33.9. The van der Waals surface area contributed by atoms with Crippen molar-refractivity contribution in [2.75, 3.05) is 25.3 Å². The number of nitrogens with zero attached hydrogens (tertiary/aromatic N) is 2. The number of anilines is 1. The van der Waals surface area contributed by atoms with Crippen LogP contribution >= 0.6 is 11.3 Å². The van der Waals surface area contributed by atoms with Gasteiger partial charge in [0, 0.05) is 16.9 Å². The highest BCUT2D eigenvalue weighted by Gasteiger charge is 2.37. The van der Waals surface area contributed by atoms with Gasteiger partial charge in [-0.15, -0.1) is 11.3 Å². The molecule has 2 heterocycles. The minimum absolute atomic E-state index is 0.110. The van der Waals surface area contributed by atoms with E-state index in [0.717, 1.165) is 29.7 Å². The Morgan fingerprint density at radius 3 is 2.49 bits per heavy atom. The molecule has 1 atom stereocenters. The van der Waals surface area contributed by atoms with Gasteiger partial charge >= 0.3 is 12.1 Å². The van der Waals surface area contributed by atoms with E-state index in [9.17, 15) is 31.2 Å². The van der Waals surface area contributed by atoms with Crippen LogP contribution in [0.25, 0.3) is 11.3 Å². The molecule has 9 nitrogen and oxygen atoms in total.